The van der Waals surface area contributed by atoms with Gasteiger partial charge in [-0.25, -0.2) is 0 Å². The molecule has 3 rings (SSSR count). The number of hydrogen-bond acceptors (Lipinski definition) is 3. The van der Waals surface area contributed by atoms with Crippen LogP contribution in [0.4, 0.5) is 11.4 Å². The quantitative estimate of drug-likeness (QED) is 0.578. The molecular formula is C21H21N3OS. The van der Waals surface area contributed by atoms with Gasteiger partial charge in [-0.15, -0.1) is 0 Å². The molecule has 0 amide bonds. The smallest absolute Gasteiger partial charge is 0.175 e. The number of nitrogens with zero attached hydrogens (tertiary/aromatic N) is 1. The minimum Gasteiger partial charge on any atom is -0.494 e. The molecule has 132 valence electrons. The van der Waals surface area contributed by atoms with Crippen LogP contribution < -0.4 is 15.4 Å². The molecule has 0 aliphatic heterocycles. The van der Waals surface area contributed by atoms with E-state index in [0.717, 1.165) is 41.3 Å². The predicted molar refractivity (Wildman–Crippen MR) is 112 cm³/mol. The number of ether oxygens (including phenoxy) is 1. The molecule has 0 aliphatic carbocycles. The van der Waals surface area contributed by atoms with Crippen molar-refractivity contribution in [1.29, 1.82) is 0 Å². The van der Waals surface area contributed by atoms with Crippen molar-refractivity contribution in [2.75, 3.05) is 17.2 Å². The fourth-order valence-corrected chi connectivity index (χ4v) is 2.66. The normalized spacial score (nSPS) is 10.2. The van der Waals surface area contributed by atoms with Crippen molar-refractivity contribution in [3.05, 3.63) is 73.1 Å². The van der Waals surface area contributed by atoms with Gasteiger partial charge >= 0.3 is 0 Å². The van der Waals surface area contributed by atoms with Crippen LogP contribution in [0.2, 0.25) is 0 Å². The summed E-state index contributed by atoms with van der Waals surface area (Å²) in [5, 5.41) is 6.91. The Bertz CT molecular complexity index is 833. The maximum absolute atomic E-state index is 5.58. The summed E-state index contributed by atoms with van der Waals surface area (Å²) in [6.07, 6.45) is 4.61. The Kier molecular flexibility index (Phi) is 6.17. The molecule has 2 N–H and O–H groups in total. The van der Waals surface area contributed by atoms with Gasteiger partial charge in [0.25, 0.3) is 0 Å². The highest BCUT2D eigenvalue weighted by atomic mass is 32.1. The van der Waals surface area contributed by atoms with Crippen LogP contribution in [-0.2, 0) is 0 Å². The lowest BCUT2D eigenvalue weighted by Crippen LogP contribution is -2.18. The largest absolute Gasteiger partial charge is 0.494 e. The van der Waals surface area contributed by atoms with Crippen molar-refractivity contribution in [3.8, 4) is 16.9 Å². The fraction of sp³-hybridized carbons (Fsp3) is 0.143. The molecule has 0 unspecified atom stereocenters. The maximum Gasteiger partial charge on any atom is 0.175 e. The van der Waals surface area contributed by atoms with Crippen LogP contribution in [0, 0.1) is 0 Å². The molecule has 0 bridgehead atoms. The van der Waals surface area contributed by atoms with E-state index in [9.17, 15) is 0 Å². The molecule has 0 saturated carbocycles. The Balaban J connectivity index is 1.56. The number of benzene rings is 2. The lowest BCUT2D eigenvalue weighted by Gasteiger charge is -2.12. The van der Waals surface area contributed by atoms with Crippen molar-refractivity contribution in [2.24, 2.45) is 0 Å². The van der Waals surface area contributed by atoms with Crippen LogP contribution in [-0.4, -0.2) is 16.7 Å². The van der Waals surface area contributed by atoms with Gasteiger partial charge in [0.05, 0.1) is 6.61 Å². The third-order valence-electron chi connectivity index (χ3n) is 3.72. The third kappa shape index (κ3) is 5.04. The Labute approximate surface area is 159 Å². The van der Waals surface area contributed by atoms with Gasteiger partial charge in [0, 0.05) is 23.8 Å². The summed E-state index contributed by atoms with van der Waals surface area (Å²) in [7, 11) is 0. The molecule has 0 fully saturated rings. The molecule has 1 heterocycles. The average molecular weight is 363 g/mol. The summed E-state index contributed by atoms with van der Waals surface area (Å²) in [6.45, 7) is 2.81. The first kappa shape index (κ1) is 17.9. The number of pyridine rings is 1. The van der Waals surface area contributed by atoms with Crippen LogP contribution >= 0.6 is 12.2 Å². The van der Waals surface area contributed by atoms with E-state index in [4.69, 9.17) is 17.0 Å². The maximum atomic E-state index is 5.58. The SMILES string of the molecule is CCCOc1ccc(NC(=S)Nc2ccc(-c3cccnc3)cc2)cc1. The molecule has 5 heteroatoms. The van der Waals surface area contributed by atoms with Crippen LogP contribution in [0.3, 0.4) is 0 Å². The van der Waals surface area contributed by atoms with Gasteiger partial charge in [-0.1, -0.05) is 25.1 Å². The summed E-state index contributed by atoms with van der Waals surface area (Å²) in [4.78, 5) is 4.15. The monoisotopic (exact) mass is 363 g/mol. The molecule has 2 aromatic carbocycles. The first-order valence-electron chi connectivity index (χ1n) is 8.56. The summed E-state index contributed by atoms with van der Waals surface area (Å²) < 4.78 is 5.58. The molecule has 0 atom stereocenters. The zero-order chi connectivity index (χ0) is 18.2. The average Bonchev–Trinajstić information content (AvgIpc) is 2.69. The highest BCUT2D eigenvalue weighted by molar-refractivity contribution is 7.80. The van der Waals surface area contributed by atoms with Gasteiger partial charge in [0.1, 0.15) is 5.75 Å². The highest BCUT2D eigenvalue weighted by Gasteiger charge is 2.02. The Morgan fingerprint density at radius 1 is 0.923 bits per heavy atom. The first-order valence-corrected chi connectivity index (χ1v) is 8.97. The van der Waals surface area contributed by atoms with E-state index in [-0.39, 0.29) is 0 Å². The lowest BCUT2D eigenvalue weighted by molar-refractivity contribution is 0.317. The van der Waals surface area contributed by atoms with Crippen molar-refractivity contribution >= 4 is 28.7 Å². The minimum absolute atomic E-state index is 0.543. The lowest BCUT2D eigenvalue weighted by atomic mass is 10.1. The van der Waals surface area contributed by atoms with Gasteiger partial charge in [-0.05, 0) is 72.2 Å². The van der Waals surface area contributed by atoms with E-state index in [1.807, 2.05) is 66.9 Å². The second kappa shape index (κ2) is 8.97. The van der Waals surface area contributed by atoms with Gasteiger partial charge in [-0.2, -0.15) is 0 Å². The van der Waals surface area contributed by atoms with Crippen LogP contribution in [0.25, 0.3) is 11.1 Å². The molecule has 0 spiro atoms. The Morgan fingerprint density at radius 2 is 1.58 bits per heavy atom. The van der Waals surface area contributed by atoms with Crippen molar-refractivity contribution < 1.29 is 4.74 Å². The van der Waals surface area contributed by atoms with Gasteiger partial charge in [0.15, 0.2) is 5.11 Å². The molecule has 0 radical (unpaired) electrons. The first-order chi connectivity index (χ1) is 12.7. The summed E-state index contributed by atoms with van der Waals surface area (Å²) in [5.41, 5.74) is 4.05. The number of thiocarbonyl (C=S) groups is 1. The molecule has 26 heavy (non-hydrogen) atoms. The molecular weight excluding hydrogens is 342 g/mol. The minimum atomic E-state index is 0.543. The highest BCUT2D eigenvalue weighted by Crippen LogP contribution is 2.21. The van der Waals surface area contributed by atoms with E-state index in [1.54, 1.807) is 6.20 Å². The summed E-state index contributed by atoms with van der Waals surface area (Å²) in [6, 6.07) is 19.8. The number of hydrogen-bond donors (Lipinski definition) is 2. The van der Waals surface area contributed by atoms with Crippen LogP contribution in [0.15, 0.2) is 73.1 Å². The Hall–Kier alpha value is -2.92. The summed E-state index contributed by atoms with van der Waals surface area (Å²) >= 11 is 5.38. The number of aromatic nitrogens is 1. The van der Waals surface area contributed by atoms with Crippen molar-refractivity contribution in [2.45, 2.75) is 13.3 Å². The van der Waals surface area contributed by atoms with Gasteiger partial charge in [0.2, 0.25) is 0 Å². The third-order valence-corrected chi connectivity index (χ3v) is 3.93. The van der Waals surface area contributed by atoms with Crippen molar-refractivity contribution in [3.63, 3.8) is 0 Å². The zero-order valence-corrected chi connectivity index (χ0v) is 15.4. The predicted octanol–water partition coefficient (Wildman–Crippen LogP) is 5.35. The van der Waals surface area contributed by atoms with E-state index in [1.165, 1.54) is 0 Å². The molecule has 0 saturated heterocycles. The van der Waals surface area contributed by atoms with Gasteiger partial charge in [-0.3, -0.25) is 4.98 Å². The second-order valence-electron chi connectivity index (χ2n) is 5.77. The van der Waals surface area contributed by atoms with E-state index >= 15 is 0 Å². The van der Waals surface area contributed by atoms with Crippen molar-refractivity contribution in [1.82, 2.24) is 4.98 Å². The van der Waals surface area contributed by atoms with Crippen LogP contribution in [0.1, 0.15) is 13.3 Å². The fourth-order valence-electron chi connectivity index (χ4n) is 2.43. The molecule has 1 aromatic heterocycles. The van der Waals surface area contributed by atoms with E-state index < -0.39 is 0 Å². The molecule has 3 aromatic rings. The molecule has 0 aliphatic rings. The number of anilines is 2. The summed E-state index contributed by atoms with van der Waals surface area (Å²) in [5.74, 6) is 0.863. The van der Waals surface area contributed by atoms with Gasteiger partial charge < -0.3 is 15.4 Å². The standard InChI is InChI=1S/C21H21N3OS/c1-2-14-25-20-11-9-19(10-12-20)24-21(26)23-18-7-5-16(6-8-18)17-4-3-13-22-15-17/h3-13,15H,2,14H2,1H3,(H2,23,24,26). The zero-order valence-electron chi connectivity index (χ0n) is 14.6. The molecule has 4 nitrogen and oxygen atoms in total. The Morgan fingerprint density at radius 3 is 2.15 bits per heavy atom. The van der Waals surface area contributed by atoms with E-state index in [0.29, 0.717) is 5.11 Å². The van der Waals surface area contributed by atoms with Crippen LogP contribution in [0.5, 0.6) is 5.75 Å². The topological polar surface area (TPSA) is 46.2 Å². The number of nitrogens with one attached hydrogen (secondary N) is 2. The second-order valence-corrected chi connectivity index (χ2v) is 6.18. The number of rotatable bonds is 6. The van der Waals surface area contributed by atoms with E-state index in [2.05, 4.69) is 22.5 Å².